The van der Waals surface area contributed by atoms with Gasteiger partial charge in [0.25, 0.3) is 5.91 Å². The summed E-state index contributed by atoms with van der Waals surface area (Å²) in [6, 6.07) is 3.23. The molecule has 1 aromatic rings. The predicted molar refractivity (Wildman–Crippen MR) is 74.6 cm³/mol. The van der Waals surface area contributed by atoms with Gasteiger partial charge in [0.15, 0.2) is 0 Å². The molecular formula is C14H19N3O3. The third kappa shape index (κ3) is 2.74. The van der Waals surface area contributed by atoms with E-state index in [-0.39, 0.29) is 17.9 Å². The largest absolute Gasteiger partial charge is 0.467 e. The van der Waals surface area contributed by atoms with Crippen LogP contribution in [0.1, 0.15) is 23.2 Å². The van der Waals surface area contributed by atoms with Gasteiger partial charge in [-0.25, -0.2) is 9.78 Å². The molecule has 2 rings (SSSR count). The molecule has 108 valence electrons. The Labute approximate surface area is 118 Å². The van der Waals surface area contributed by atoms with E-state index in [4.69, 9.17) is 4.74 Å². The molecule has 1 amide bonds. The Balaban J connectivity index is 2.17. The van der Waals surface area contributed by atoms with E-state index in [9.17, 15) is 9.59 Å². The molecule has 0 spiro atoms. The quantitative estimate of drug-likeness (QED) is 0.769. The number of hydrogen-bond donors (Lipinski definition) is 0. The SMILES string of the molecule is COC(=O)C1CCCN1c1ccc(C(=O)N(C)C)cn1. The number of carbonyl (C=O) groups excluding carboxylic acids is 2. The van der Waals surface area contributed by atoms with E-state index < -0.39 is 0 Å². The van der Waals surface area contributed by atoms with Crippen molar-refractivity contribution in [1.82, 2.24) is 9.88 Å². The van der Waals surface area contributed by atoms with Crippen LogP contribution >= 0.6 is 0 Å². The van der Waals surface area contributed by atoms with Crippen LogP contribution in [0.4, 0.5) is 5.82 Å². The second kappa shape index (κ2) is 5.90. The van der Waals surface area contributed by atoms with Gasteiger partial charge in [-0.1, -0.05) is 0 Å². The van der Waals surface area contributed by atoms with Gasteiger partial charge in [-0.05, 0) is 25.0 Å². The minimum Gasteiger partial charge on any atom is -0.467 e. The topological polar surface area (TPSA) is 62.7 Å². The molecular weight excluding hydrogens is 258 g/mol. The molecule has 0 bridgehead atoms. The van der Waals surface area contributed by atoms with Gasteiger partial charge < -0.3 is 14.5 Å². The van der Waals surface area contributed by atoms with E-state index in [0.29, 0.717) is 11.4 Å². The molecule has 0 radical (unpaired) electrons. The van der Waals surface area contributed by atoms with E-state index in [1.165, 1.54) is 12.0 Å². The number of hydrogen-bond acceptors (Lipinski definition) is 5. The van der Waals surface area contributed by atoms with Crippen LogP contribution in [0.5, 0.6) is 0 Å². The highest BCUT2D eigenvalue weighted by Gasteiger charge is 2.32. The lowest BCUT2D eigenvalue weighted by Crippen LogP contribution is -2.37. The molecule has 1 aliphatic rings. The van der Waals surface area contributed by atoms with Crippen LogP contribution in [0.25, 0.3) is 0 Å². The zero-order valence-electron chi connectivity index (χ0n) is 12.0. The predicted octanol–water partition coefficient (Wildman–Crippen LogP) is 0.925. The number of carbonyl (C=O) groups is 2. The lowest BCUT2D eigenvalue weighted by atomic mass is 10.2. The number of pyridine rings is 1. The second-order valence-electron chi connectivity index (χ2n) is 4.98. The first kappa shape index (κ1) is 14.3. The summed E-state index contributed by atoms with van der Waals surface area (Å²) in [6.45, 7) is 0.772. The summed E-state index contributed by atoms with van der Waals surface area (Å²) in [5.74, 6) is 0.376. The molecule has 2 heterocycles. The van der Waals surface area contributed by atoms with Crippen LogP contribution in [-0.2, 0) is 9.53 Å². The number of nitrogens with zero attached hydrogens (tertiary/aromatic N) is 3. The summed E-state index contributed by atoms with van der Waals surface area (Å²) in [5.41, 5.74) is 0.535. The van der Waals surface area contributed by atoms with Crippen molar-refractivity contribution in [3.63, 3.8) is 0 Å². The van der Waals surface area contributed by atoms with E-state index >= 15 is 0 Å². The maximum Gasteiger partial charge on any atom is 0.328 e. The number of anilines is 1. The summed E-state index contributed by atoms with van der Waals surface area (Å²) in [4.78, 5) is 31.2. The molecule has 20 heavy (non-hydrogen) atoms. The van der Waals surface area contributed by atoms with Crippen LogP contribution in [-0.4, -0.2) is 55.6 Å². The highest BCUT2D eigenvalue weighted by Crippen LogP contribution is 2.24. The van der Waals surface area contributed by atoms with Crippen LogP contribution in [0.3, 0.4) is 0 Å². The van der Waals surface area contributed by atoms with Crippen molar-refractivity contribution in [1.29, 1.82) is 0 Å². The van der Waals surface area contributed by atoms with Gasteiger partial charge in [0.2, 0.25) is 0 Å². The van der Waals surface area contributed by atoms with Gasteiger partial charge in [-0.3, -0.25) is 4.79 Å². The number of amides is 1. The first-order valence-electron chi connectivity index (χ1n) is 6.56. The minimum atomic E-state index is -0.275. The number of aromatic nitrogens is 1. The Morgan fingerprint density at radius 1 is 1.40 bits per heavy atom. The van der Waals surface area contributed by atoms with Gasteiger partial charge in [-0.2, -0.15) is 0 Å². The zero-order valence-corrected chi connectivity index (χ0v) is 12.0. The van der Waals surface area contributed by atoms with Crippen molar-refractivity contribution in [2.24, 2.45) is 0 Å². The Morgan fingerprint density at radius 2 is 2.15 bits per heavy atom. The third-order valence-corrected chi connectivity index (χ3v) is 3.42. The third-order valence-electron chi connectivity index (χ3n) is 3.42. The molecule has 1 atom stereocenters. The monoisotopic (exact) mass is 277 g/mol. The Kier molecular flexibility index (Phi) is 4.22. The highest BCUT2D eigenvalue weighted by molar-refractivity contribution is 5.93. The van der Waals surface area contributed by atoms with Gasteiger partial charge in [0.05, 0.1) is 12.7 Å². The van der Waals surface area contributed by atoms with Crippen LogP contribution in [0.2, 0.25) is 0 Å². The van der Waals surface area contributed by atoms with Gasteiger partial charge in [-0.15, -0.1) is 0 Å². The maximum atomic E-state index is 11.8. The molecule has 0 N–H and O–H groups in total. The molecule has 1 aliphatic heterocycles. The summed E-state index contributed by atoms with van der Waals surface area (Å²) in [5, 5.41) is 0. The Morgan fingerprint density at radius 3 is 2.70 bits per heavy atom. The molecule has 0 aliphatic carbocycles. The number of ether oxygens (including phenoxy) is 1. The first-order valence-corrected chi connectivity index (χ1v) is 6.56. The molecule has 1 aromatic heterocycles. The fourth-order valence-corrected chi connectivity index (χ4v) is 2.36. The van der Waals surface area contributed by atoms with Crippen molar-refractivity contribution >= 4 is 17.7 Å². The van der Waals surface area contributed by atoms with Crippen molar-refractivity contribution in [2.45, 2.75) is 18.9 Å². The maximum absolute atomic E-state index is 11.8. The standard InChI is InChI=1S/C14H19N3O3/c1-16(2)13(18)10-6-7-12(15-9-10)17-8-4-5-11(17)14(19)20-3/h6-7,9,11H,4-5,8H2,1-3H3. The van der Waals surface area contributed by atoms with Gasteiger partial charge in [0.1, 0.15) is 11.9 Å². The van der Waals surface area contributed by atoms with Gasteiger partial charge in [0, 0.05) is 26.8 Å². The van der Waals surface area contributed by atoms with E-state index in [2.05, 4.69) is 4.98 Å². The molecule has 1 unspecified atom stereocenters. The minimum absolute atomic E-state index is 0.0880. The van der Waals surface area contributed by atoms with Crippen LogP contribution in [0, 0.1) is 0 Å². The summed E-state index contributed by atoms with van der Waals surface area (Å²) in [6.07, 6.45) is 3.25. The normalized spacial score (nSPS) is 17.9. The molecule has 0 saturated carbocycles. The molecule has 1 fully saturated rings. The number of methoxy groups -OCH3 is 1. The highest BCUT2D eigenvalue weighted by atomic mass is 16.5. The van der Waals surface area contributed by atoms with E-state index in [1.807, 2.05) is 4.90 Å². The van der Waals surface area contributed by atoms with Crippen LogP contribution in [0.15, 0.2) is 18.3 Å². The fraction of sp³-hybridized carbons (Fsp3) is 0.500. The molecule has 6 nitrogen and oxygen atoms in total. The molecule has 1 saturated heterocycles. The van der Waals surface area contributed by atoms with Crippen molar-refractivity contribution in [3.8, 4) is 0 Å². The van der Waals surface area contributed by atoms with E-state index in [0.717, 1.165) is 19.4 Å². The molecule has 6 heteroatoms. The number of esters is 1. The Hall–Kier alpha value is -2.11. The van der Waals surface area contributed by atoms with Crippen molar-refractivity contribution in [3.05, 3.63) is 23.9 Å². The average molecular weight is 277 g/mol. The van der Waals surface area contributed by atoms with E-state index in [1.54, 1.807) is 32.4 Å². The Bertz CT molecular complexity index is 499. The second-order valence-corrected chi connectivity index (χ2v) is 4.98. The van der Waals surface area contributed by atoms with Gasteiger partial charge >= 0.3 is 5.97 Å². The first-order chi connectivity index (χ1) is 9.54. The zero-order chi connectivity index (χ0) is 14.7. The fourth-order valence-electron chi connectivity index (χ4n) is 2.36. The lowest BCUT2D eigenvalue weighted by Gasteiger charge is -2.23. The van der Waals surface area contributed by atoms with Crippen molar-refractivity contribution in [2.75, 3.05) is 32.6 Å². The molecule has 0 aromatic carbocycles. The summed E-state index contributed by atoms with van der Waals surface area (Å²) in [7, 11) is 4.79. The van der Waals surface area contributed by atoms with Crippen LogP contribution < -0.4 is 4.90 Å². The summed E-state index contributed by atoms with van der Waals surface area (Å²) < 4.78 is 4.81. The smallest absolute Gasteiger partial charge is 0.328 e. The number of rotatable bonds is 3. The average Bonchev–Trinajstić information content (AvgIpc) is 2.95. The lowest BCUT2D eigenvalue weighted by molar-refractivity contribution is -0.141. The van der Waals surface area contributed by atoms with Crippen molar-refractivity contribution < 1.29 is 14.3 Å². The summed E-state index contributed by atoms with van der Waals surface area (Å²) >= 11 is 0.